The van der Waals surface area contributed by atoms with Crippen LogP contribution in [-0.4, -0.2) is 30.6 Å². The minimum absolute atomic E-state index is 0.0382. The van der Waals surface area contributed by atoms with E-state index < -0.39 is 5.66 Å². The van der Waals surface area contributed by atoms with Crippen LogP contribution in [0.3, 0.4) is 0 Å². The number of rotatable bonds is 5. The van der Waals surface area contributed by atoms with E-state index in [2.05, 4.69) is 15.3 Å². The standard InChI is InChI=1S/C19H28N6O2/c1-3-7-16(26)22-14-9-8-13(12-15(14)27-2)25-18(21)23-17(20)24-19(25)10-5-4-6-11-19/h8-9,12H,3-7,10-11H2,1-2H3,(H,22,26)(H4,20,21,23,24). The van der Waals surface area contributed by atoms with Crippen molar-refractivity contribution in [2.45, 2.75) is 57.5 Å². The number of hydrogen-bond acceptors (Lipinski definition) is 7. The second-order valence-corrected chi connectivity index (χ2v) is 7.00. The summed E-state index contributed by atoms with van der Waals surface area (Å²) in [5.41, 5.74) is 13.1. The summed E-state index contributed by atoms with van der Waals surface area (Å²) in [6.45, 7) is 1.97. The topological polar surface area (TPSA) is 118 Å². The van der Waals surface area contributed by atoms with Gasteiger partial charge in [-0.1, -0.05) is 13.3 Å². The van der Waals surface area contributed by atoms with Crippen molar-refractivity contribution in [3.05, 3.63) is 18.2 Å². The van der Waals surface area contributed by atoms with E-state index in [9.17, 15) is 4.79 Å². The SMILES string of the molecule is CCCC(=O)Nc1ccc(N2C(N)=NC(N)=NC23CCCCC3)cc1OC. The molecule has 8 heteroatoms. The second-order valence-electron chi connectivity index (χ2n) is 7.00. The van der Waals surface area contributed by atoms with Crippen LogP contribution in [0.25, 0.3) is 0 Å². The number of ether oxygens (including phenoxy) is 1. The quantitative estimate of drug-likeness (QED) is 0.734. The zero-order valence-corrected chi connectivity index (χ0v) is 16.0. The van der Waals surface area contributed by atoms with Gasteiger partial charge in [0.25, 0.3) is 0 Å². The molecule has 3 rings (SSSR count). The highest BCUT2D eigenvalue weighted by atomic mass is 16.5. The van der Waals surface area contributed by atoms with Gasteiger partial charge in [-0.15, -0.1) is 0 Å². The number of aliphatic imine (C=N–C) groups is 2. The zero-order valence-electron chi connectivity index (χ0n) is 16.0. The van der Waals surface area contributed by atoms with Crippen LogP contribution in [0.4, 0.5) is 11.4 Å². The summed E-state index contributed by atoms with van der Waals surface area (Å²) in [6.07, 6.45) is 6.27. The molecule has 0 unspecified atom stereocenters. The third-order valence-corrected chi connectivity index (χ3v) is 5.05. The first-order valence-electron chi connectivity index (χ1n) is 9.46. The normalized spacial score (nSPS) is 18.7. The number of carbonyl (C=O) groups is 1. The van der Waals surface area contributed by atoms with Crippen LogP contribution in [-0.2, 0) is 4.79 Å². The van der Waals surface area contributed by atoms with E-state index in [1.54, 1.807) is 7.11 Å². The van der Waals surface area contributed by atoms with Crippen LogP contribution < -0.4 is 26.4 Å². The van der Waals surface area contributed by atoms with Crippen LogP contribution >= 0.6 is 0 Å². The number of amides is 1. The average molecular weight is 372 g/mol. The maximum atomic E-state index is 11.9. The fourth-order valence-corrected chi connectivity index (χ4v) is 3.86. The summed E-state index contributed by atoms with van der Waals surface area (Å²) >= 11 is 0. The average Bonchev–Trinajstić information content (AvgIpc) is 2.63. The molecule has 0 radical (unpaired) electrons. The lowest BCUT2D eigenvalue weighted by molar-refractivity contribution is -0.116. The van der Waals surface area contributed by atoms with Gasteiger partial charge in [-0.05, 0) is 44.2 Å². The van der Waals surface area contributed by atoms with Crippen LogP contribution in [0, 0.1) is 0 Å². The van der Waals surface area contributed by atoms with E-state index >= 15 is 0 Å². The minimum Gasteiger partial charge on any atom is -0.494 e. The Morgan fingerprint density at radius 2 is 2.04 bits per heavy atom. The van der Waals surface area contributed by atoms with Crippen LogP contribution in [0.5, 0.6) is 5.75 Å². The Morgan fingerprint density at radius 3 is 2.70 bits per heavy atom. The fourth-order valence-electron chi connectivity index (χ4n) is 3.86. The highest BCUT2D eigenvalue weighted by Gasteiger charge is 2.42. The van der Waals surface area contributed by atoms with Crippen LogP contribution in [0.15, 0.2) is 28.2 Å². The summed E-state index contributed by atoms with van der Waals surface area (Å²) in [4.78, 5) is 22.7. The molecule has 1 aromatic carbocycles. The number of nitrogens with zero attached hydrogens (tertiary/aromatic N) is 3. The molecule has 1 amide bonds. The molecule has 0 atom stereocenters. The third-order valence-electron chi connectivity index (χ3n) is 5.05. The first kappa shape index (κ1) is 19.0. The molecule has 1 heterocycles. The van der Waals surface area contributed by atoms with Crippen molar-refractivity contribution in [2.75, 3.05) is 17.3 Å². The number of guanidine groups is 2. The molecule has 0 bridgehead atoms. The third kappa shape index (κ3) is 3.84. The van der Waals surface area contributed by atoms with E-state index in [4.69, 9.17) is 16.2 Å². The lowest BCUT2D eigenvalue weighted by Crippen LogP contribution is -2.58. The van der Waals surface area contributed by atoms with Crippen molar-refractivity contribution >= 4 is 29.2 Å². The van der Waals surface area contributed by atoms with Gasteiger partial charge < -0.3 is 21.5 Å². The molecule has 27 heavy (non-hydrogen) atoms. The number of nitrogens with one attached hydrogen (secondary N) is 1. The molecule has 1 spiro atoms. The zero-order chi connectivity index (χ0) is 19.4. The number of hydrogen-bond donors (Lipinski definition) is 3. The molecule has 1 fully saturated rings. The van der Waals surface area contributed by atoms with Crippen molar-refractivity contribution in [1.82, 2.24) is 0 Å². The Morgan fingerprint density at radius 1 is 1.30 bits per heavy atom. The largest absolute Gasteiger partial charge is 0.494 e. The molecule has 0 aromatic heterocycles. The highest BCUT2D eigenvalue weighted by molar-refractivity contribution is 6.06. The van der Waals surface area contributed by atoms with Crippen molar-refractivity contribution < 1.29 is 9.53 Å². The molecule has 1 aromatic rings. The van der Waals surface area contributed by atoms with E-state index in [-0.39, 0.29) is 11.9 Å². The minimum atomic E-state index is -0.508. The molecule has 8 nitrogen and oxygen atoms in total. The first-order chi connectivity index (χ1) is 13.0. The van der Waals surface area contributed by atoms with E-state index in [1.165, 1.54) is 6.42 Å². The predicted molar refractivity (Wildman–Crippen MR) is 108 cm³/mol. The van der Waals surface area contributed by atoms with Gasteiger partial charge in [0, 0.05) is 12.5 Å². The lowest BCUT2D eigenvalue weighted by Gasteiger charge is -2.45. The molecule has 1 saturated carbocycles. The summed E-state index contributed by atoms with van der Waals surface area (Å²) in [5.74, 6) is 1.08. The monoisotopic (exact) mass is 372 g/mol. The maximum absolute atomic E-state index is 11.9. The number of methoxy groups -OCH3 is 1. The van der Waals surface area contributed by atoms with Crippen molar-refractivity contribution in [2.24, 2.45) is 21.5 Å². The summed E-state index contributed by atoms with van der Waals surface area (Å²) in [6, 6.07) is 5.59. The highest BCUT2D eigenvalue weighted by Crippen LogP contribution is 2.41. The number of nitrogens with two attached hydrogens (primary N) is 2. The Balaban J connectivity index is 1.96. The van der Waals surface area contributed by atoms with Gasteiger partial charge in [0.2, 0.25) is 17.8 Å². The van der Waals surface area contributed by atoms with Gasteiger partial charge in [-0.3, -0.25) is 9.69 Å². The van der Waals surface area contributed by atoms with Gasteiger partial charge in [0.15, 0.2) is 0 Å². The Hall–Kier alpha value is -2.77. The van der Waals surface area contributed by atoms with E-state index in [0.29, 0.717) is 23.8 Å². The Bertz CT molecular complexity index is 767. The van der Waals surface area contributed by atoms with Gasteiger partial charge >= 0.3 is 0 Å². The van der Waals surface area contributed by atoms with Crippen LogP contribution in [0.2, 0.25) is 0 Å². The van der Waals surface area contributed by atoms with Gasteiger partial charge in [0.1, 0.15) is 11.4 Å². The van der Waals surface area contributed by atoms with Gasteiger partial charge in [0.05, 0.1) is 18.5 Å². The Labute approximate surface area is 159 Å². The molecule has 1 aliphatic heterocycles. The predicted octanol–water partition coefficient (Wildman–Crippen LogP) is 2.54. The molecule has 1 aliphatic carbocycles. The van der Waals surface area contributed by atoms with Crippen molar-refractivity contribution in [1.29, 1.82) is 0 Å². The van der Waals surface area contributed by atoms with Gasteiger partial charge in [-0.25, -0.2) is 4.99 Å². The van der Waals surface area contributed by atoms with E-state index in [1.807, 2.05) is 30.0 Å². The molecule has 0 saturated heterocycles. The molecule has 5 N–H and O–H groups in total. The second kappa shape index (κ2) is 7.85. The molecule has 2 aliphatic rings. The number of anilines is 2. The van der Waals surface area contributed by atoms with Crippen molar-refractivity contribution in [3.8, 4) is 5.75 Å². The lowest BCUT2D eigenvalue weighted by atomic mass is 9.87. The fraction of sp³-hybridized carbons (Fsp3) is 0.526. The van der Waals surface area contributed by atoms with Gasteiger partial charge in [-0.2, -0.15) is 4.99 Å². The molecular weight excluding hydrogens is 344 g/mol. The van der Waals surface area contributed by atoms with Crippen LogP contribution in [0.1, 0.15) is 51.9 Å². The first-order valence-corrected chi connectivity index (χ1v) is 9.46. The summed E-state index contributed by atoms with van der Waals surface area (Å²) < 4.78 is 5.51. The Kier molecular flexibility index (Phi) is 5.53. The summed E-state index contributed by atoms with van der Waals surface area (Å²) in [5, 5.41) is 2.89. The summed E-state index contributed by atoms with van der Waals surface area (Å²) in [7, 11) is 1.58. The number of carbonyl (C=O) groups excluding carboxylic acids is 1. The maximum Gasteiger partial charge on any atom is 0.224 e. The smallest absolute Gasteiger partial charge is 0.224 e. The molecule has 146 valence electrons. The van der Waals surface area contributed by atoms with Crippen molar-refractivity contribution in [3.63, 3.8) is 0 Å². The number of benzene rings is 1. The van der Waals surface area contributed by atoms with E-state index in [0.717, 1.165) is 37.8 Å². The molecular formula is C19H28N6O2.